The van der Waals surface area contributed by atoms with Crippen LogP contribution in [0.1, 0.15) is 32.6 Å². The summed E-state index contributed by atoms with van der Waals surface area (Å²) in [5.74, 6) is 0.0985. The number of carbonyl (C=O) groups excluding carboxylic acids is 1. The summed E-state index contributed by atoms with van der Waals surface area (Å²) in [7, 11) is 0. The summed E-state index contributed by atoms with van der Waals surface area (Å²) < 4.78 is 0. The van der Waals surface area contributed by atoms with Crippen molar-refractivity contribution in [3.8, 4) is 0 Å². The van der Waals surface area contributed by atoms with E-state index < -0.39 is 0 Å². The molecule has 1 saturated heterocycles. The van der Waals surface area contributed by atoms with E-state index in [1.54, 1.807) is 0 Å². The molecule has 0 saturated carbocycles. The number of hydrogen-bond donors (Lipinski definition) is 1. The van der Waals surface area contributed by atoms with E-state index in [4.69, 9.17) is 0 Å². The molecule has 3 heteroatoms. The molecule has 2 rings (SSSR count). The number of nitrogens with zero attached hydrogens (tertiary/aromatic N) is 1. The lowest BCUT2D eigenvalue weighted by molar-refractivity contribution is -0.116. The van der Waals surface area contributed by atoms with E-state index in [1.165, 1.54) is 18.5 Å². The van der Waals surface area contributed by atoms with Crippen LogP contribution < -0.4 is 10.2 Å². The Bertz CT molecular complexity index is 366. The standard InChI is InChI=1S/C14H20N2O/c1-2-5-14(17)15-12-6-8-13(9-7-12)16-10-3-4-11-16/h6-9H,2-5,10-11H2,1H3,(H,15,17). The molecular weight excluding hydrogens is 212 g/mol. The molecule has 1 heterocycles. The Balaban J connectivity index is 1.95. The first-order chi connectivity index (χ1) is 8.29. The molecule has 1 aromatic rings. The van der Waals surface area contributed by atoms with Crippen LogP contribution in [0.15, 0.2) is 24.3 Å². The van der Waals surface area contributed by atoms with Crippen LogP contribution in [-0.4, -0.2) is 19.0 Å². The van der Waals surface area contributed by atoms with Crippen molar-refractivity contribution in [2.45, 2.75) is 32.6 Å². The highest BCUT2D eigenvalue weighted by molar-refractivity contribution is 5.90. The number of rotatable bonds is 4. The monoisotopic (exact) mass is 232 g/mol. The SMILES string of the molecule is CCCC(=O)Nc1ccc(N2CCCC2)cc1. The number of benzene rings is 1. The molecule has 17 heavy (non-hydrogen) atoms. The lowest BCUT2D eigenvalue weighted by Crippen LogP contribution is -2.17. The number of anilines is 2. The second kappa shape index (κ2) is 5.71. The summed E-state index contributed by atoms with van der Waals surface area (Å²) in [5, 5.41) is 2.90. The van der Waals surface area contributed by atoms with Crippen LogP contribution in [-0.2, 0) is 4.79 Å². The number of amides is 1. The van der Waals surface area contributed by atoms with Gasteiger partial charge in [0.05, 0.1) is 0 Å². The molecule has 0 aromatic heterocycles. The van der Waals surface area contributed by atoms with Crippen molar-refractivity contribution >= 4 is 17.3 Å². The zero-order chi connectivity index (χ0) is 12.1. The Morgan fingerprint density at radius 1 is 1.24 bits per heavy atom. The molecule has 0 bridgehead atoms. The minimum Gasteiger partial charge on any atom is -0.372 e. The second-order valence-corrected chi connectivity index (χ2v) is 4.54. The maximum absolute atomic E-state index is 11.4. The van der Waals surface area contributed by atoms with Gasteiger partial charge in [-0.1, -0.05) is 6.92 Å². The molecule has 0 atom stereocenters. The predicted octanol–water partition coefficient (Wildman–Crippen LogP) is 3.03. The largest absolute Gasteiger partial charge is 0.372 e. The first-order valence-electron chi connectivity index (χ1n) is 6.44. The molecule has 1 amide bonds. The van der Waals surface area contributed by atoms with E-state index in [9.17, 15) is 4.79 Å². The maximum atomic E-state index is 11.4. The highest BCUT2D eigenvalue weighted by Crippen LogP contribution is 2.22. The Morgan fingerprint density at radius 2 is 1.88 bits per heavy atom. The summed E-state index contributed by atoms with van der Waals surface area (Å²) in [6.45, 7) is 4.32. The molecule has 92 valence electrons. The zero-order valence-corrected chi connectivity index (χ0v) is 10.4. The van der Waals surface area contributed by atoms with Gasteiger partial charge < -0.3 is 10.2 Å². The van der Waals surface area contributed by atoms with Crippen molar-refractivity contribution in [1.29, 1.82) is 0 Å². The molecule has 0 aliphatic carbocycles. The average molecular weight is 232 g/mol. The zero-order valence-electron chi connectivity index (χ0n) is 10.4. The van der Waals surface area contributed by atoms with Crippen molar-refractivity contribution in [3.63, 3.8) is 0 Å². The van der Waals surface area contributed by atoms with E-state index in [2.05, 4.69) is 22.3 Å². The summed E-state index contributed by atoms with van der Waals surface area (Å²) >= 11 is 0. The van der Waals surface area contributed by atoms with Gasteiger partial charge in [0.2, 0.25) is 5.91 Å². The average Bonchev–Trinajstić information content (AvgIpc) is 2.84. The minimum atomic E-state index is 0.0985. The molecule has 1 aromatic carbocycles. The molecule has 0 radical (unpaired) electrons. The quantitative estimate of drug-likeness (QED) is 0.865. The predicted molar refractivity (Wildman–Crippen MR) is 71.4 cm³/mol. The van der Waals surface area contributed by atoms with Gasteiger partial charge in [-0.05, 0) is 43.5 Å². The fourth-order valence-corrected chi connectivity index (χ4v) is 2.18. The van der Waals surface area contributed by atoms with Crippen LogP contribution in [0.4, 0.5) is 11.4 Å². The Hall–Kier alpha value is -1.51. The fraction of sp³-hybridized carbons (Fsp3) is 0.500. The minimum absolute atomic E-state index is 0.0985. The van der Waals surface area contributed by atoms with Gasteiger partial charge in [-0.2, -0.15) is 0 Å². The van der Waals surface area contributed by atoms with Crippen molar-refractivity contribution in [1.82, 2.24) is 0 Å². The Morgan fingerprint density at radius 3 is 2.47 bits per heavy atom. The lowest BCUT2D eigenvalue weighted by atomic mass is 10.2. The van der Waals surface area contributed by atoms with Crippen molar-refractivity contribution in [2.75, 3.05) is 23.3 Å². The summed E-state index contributed by atoms with van der Waals surface area (Å²) in [5.41, 5.74) is 2.15. The number of carbonyl (C=O) groups is 1. The van der Waals surface area contributed by atoms with Crippen LogP contribution in [0.5, 0.6) is 0 Å². The highest BCUT2D eigenvalue weighted by atomic mass is 16.1. The molecule has 1 aliphatic heterocycles. The van der Waals surface area contributed by atoms with Gasteiger partial charge in [-0.15, -0.1) is 0 Å². The molecule has 1 fully saturated rings. The fourth-order valence-electron chi connectivity index (χ4n) is 2.18. The first-order valence-corrected chi connectivity index (χ1v) is 6.44. The van der Waals surface area contributed by atoms with Crippen LogP contribution >= 0.6 is 0 Å². The normalized spacial score (nSPS) is 15.0. The van der Waals surface area contributed by atoms with Gasteiger partial charge >= 0.3 is 0 Å². The van der Waals surface area contributed by atoms with Crippen LogP contribution in [0.3, 0.4) is 0 Å². The summed E-state index contributed by atoms with van der Waals surface area (Å²) in [6, 6.07) is 8.15. The Kier molecular flexibility index (Phi) is 4.02. The van der Waals surface area contributed by atoms with Crippen LogP contribution in [0, 0.1) is 0 Å². The first kappa shape index (κ1) is 12.0. The van der Waals surface area contributed by atoms with E-state index in [-0.39, 0.29) is 5.91 Å². The summed E-state index contributed by atoms with van der Waals surface area (Å²) in [4.78, 5) is 13.8. The van der Waals surface area contributed by atoms with E-state index >= 15 is 0 Å². The van der Waals surface area contributed by atoms with E-state index in [0.717, 1.165) is 25.2 Å². The van der Waals surface area contributed by atoms with Gasteiger partial charge in [0.15, 0.2) is 0 Å². The van der Waals surface area contributed by atoms with Crippen molar-refractivity contribution in [2.24, 2.45) is 0 Å². The molecule has 0 unspecified atom stereocenters. The maximum Gasteiger partial charge on any atom is 0.224 e. The van der Waals surface area contributed by atoms with Crippen molar-refractivity contribution in [3.05, 3.63) is 24.3 Å². The Labute approximate surface area is 103 Å². The summed E-state index contributed by atoms with van der Waals surface area (Å²) in [6.07, 6.45) is 4.05. The molecule has 3 nitrogen and oxygen atoms in total. The lowest BCUT2D eigenvalue weighted by Gasteiger charge is -2.17. The number of nitrogens with one attached hydrogen (secondary N) is 1. The van der Waals surface area contributed by atoms with Crippen molar-refractivity contribution < 1.29 is 4.79 Å². The third-order valence-electron chi connectivity index (χ3n) is 3.10. The van der Waals surface area contributed by atoms with Crippen LogP contribution in [0.2, 0.25) is 0 Å². The molecule has 0 spiro atoms. The molecule has 1 N–H and O–H groups in total. The topological polar surface area (TPSA) is 32.3 Å². The van der Waals surface area contributed by atoms with Gasteiger partial charge in [0.25, 0.3) is 0 Å². The molecule has 1 aliphatic rings. The highest BCUT2D eigenvalue weighted by Gasteiger charge is 2.11. The van der Waals surface area contributed by atoms with E-state index in [0.29, 0.717) is 6.42 Å². The van der Waals surface area contributed by atoms with Crippen LogP contribution in [0.25, 0.3) is 0 Å². The molecular formula is C14H20N2O. The third-order valence-corrected chi connectivity index (χ3v) is 3.10. The van der Waals surface area contributed by atoms with Gasteiger partial charge in [0, 0.05) is 30.9 Å². The van der Waals surface area contributed by atoms with E-state index in [1.807, 2.05) is 19.1 Å². The number of hydrogen-bond acceptors (Lipinski definition) is 2. The van der Waals surface area contributed by atoms with Gasteiger partial charge in [-0.3, -0.25) is 4.79 Å². The van der Waals surface area contributed by atoms with Gasteiger partial charge in [-0.25, -0.2) is 0 Å². The second-order valence-electron chi connectivity index (χ2n) is 4.54. The van der Waals surface area contributed by atoms with Gasteiger partial charge in [0.1, 0.15) is 0 Å². The smallest absolute Gasteiger partial charge is 0.224 e. The third kappa shape index (κ3) is 3.22.